The van der Waals surface area contributed by atoms with Crippen molar-refractivity contribution >= 4 is 17.7 Å². The average Bonchev–Trinajstić information content (AvgIpc) is 2.01. The number of rotatable bonds is 4. The van der Waals surface area contributed by atoms with Gasteiger partial charge in [-0.1, -0.05) is 13.0 Å². The number of phenolic OH excluding ortho intramolecular Hbond substituents is 1. The van der Waals surface area contributed by atoms with E-state index in [0.29, 0.717) is 0 Å². The van der Waals surface area contributed by atoms with E-state index in [9.17, 15) is 9.90 Å². The predicted molar refractivity (Wildman–Crippen MR) is 55.7 cm³/mol. The van der Waals surface area contributed by atoms with E-state index in [2.05, 4.69) is 0 Å². The molecule has 1 rings (SSSR count). The molecule has 0 aromatic heterocycles. The molecule has 0 spiro atoms. The molecule has 0 aliphatic carbocycles. The predicted octanol–water partition coefficient (Wildman–Crippen LogP) is 2.35. The summed E-state index contributed by atoms with van der Waals surface area (Å²) in [6.07, 6.45) is 0.125. The molecule has 0 bridgehead atoms. The van der Waals surface area contributed by atoms with E-state index in [1.807, 2.05) is 13.0 Å². The van der Waals surface area contributed by atoms with Crippen molar-refractivity contribution in [2.24, 2.45) is 0 Å². The molecular weight excluding hydrogens is 200 g/mol. The van der Waals surface area contributed by atoms with Gasteiger partial charge in [-0.25, -0.2) is 0 Å². The van der Waals surface area contributed by atoms with E-state index in [1.54, 1.807) is 18.2 Å². The highest BCUT2D eigenvalue weighted by molar-refractivity contribution is 8.00. The number of thioether (sulfide) groups is 1. The zero-order valence-electron chi connectivity index (χ0n) is 7.80. The largest absolute Gasteiger partial charge is 0.508 e. The van der Waals surface area contributed by atoms with Crippen molar-refractivity contribution in [1.29, 1.82) is 0 Å². The van der Waals surface area contributed by atoms with Crippen LogP contribution in [-0.4, -0.2) is 21.4 Å². The molecule has 0 radical (unpaired) electrons. The molecule has 0 saturated heterocycles. The van der Waals surface area contributed by atoms with Crippen LogP contribution < -0.4 is 0 Å². The SMILES string of the molecule is CC(CC(=O)O)Sc1cccc(O)c1. The fourth-order valence-corrected chi connectivity index (χ4v) is 2.11. The standard InChI is InChI=1S/C10H12O3S/c1-7(5-10(12)13)14-9-4-2-3-8(11)6-9/h2-4,6-7,11H,5H2,1H3,(H,12,13). The molecule has 14 heavy (non-hydrogen) atoms. The van der Waals surface area contributed by atoms with E-state index in [0.717, 1.165) is 4.90 Å². The first-order valence-corrected chi connectivity index (χ1v) is 5.13. The Bertz CT molecular complexity index is 325. The number of phenols is 1. The van der Waals surface area contributed by atoms with Gasteiger partial charge in [0.25, 0.3) is 0 Å². The molecule has 76 valence electrons. The van der Waals surface area contributed by atoms with Crippen LogP contribution in [0.4, 0.5) is 0 Å². The molecule has 1 aromatic carbocycles. The number of benzene rings is 1. The molecule has 0 aliphatic heterocycles. The zero-order chi connectivity index (χ0) is 10.6. The maximum Gasteiger partial charge on any atom is 0.304 e. The molecule has 0 fully saturated rings. The molecule has 0 amide bonds. The summed E-state index contributed by atoms with van der Waals surface area (Å²) in [5.41, 5.74) is 0. The number of carbonyl (C=O) groups is 1. The van der Waals surface area contributed by atoms with Gasteiger partial charge in [0.2, 0.25) is 0 Å². The van der Waals surface area contributed by atoms with Crippen molar-refractivity contribution in [2.45, 2.75) is 23.5 Å². The van der Waals surface area contributed by atoms with Gasteiger partial charge in [-0.2, -0.15) is 0 Å². The number of carboxylic acid groups (broad SMARTS) is 1. The van der Waals surface area contributed by atoms with Crippen molar-refractivity contribution < 1.29 is 15.0 Å². The monoisotopic (exact) mass is 212 g/mol. The summed E-state index contributed by atoms with van der Waals surface area (Å²) in [6, 6.07) is 6.81. The van der Waals surface area contributed by atoms with Gasteiger partial charge in [-0.05, 0) is 18.2 Å². The Hall–Kier alpha value is -1.16. The maximum absolute atomic E-state index is 10.4. The number of aliphatic carboxylic acids is 1. The number of aromatic hydroxyl groups is 1. The lowest BCUT2D eigenvalue weighted by molar-refractivity contribution is -0.136. The Kier molecular flexibility index (Phi) is 3.83. The summed E-state index contributed by atoms with van der Waals surface area (Å²) in [5, 5.41) is 17.7. The van der Waals surface area contributed by atoms with Gasteiger partial charge >= 0.3 is 5.97 Å². The molecule has 3 nitrogen and oxygen atoms in total. The molecule has 1 aromatic rings. The Morgan fingerprint density at radius 1 is 1.57 bits per heavy atom. The van der Waals surface area contributed by atoms with Crippen LogP contribution in [0.2, 0.25) is 0 Å². The third-order valence-corrected chi connectivity index (χ3v) is 2.71. The fourth-order valence-electron chi connectivity index (χ4n) is 1.08. The van der Waals surface area contributed by atoms with Crippen molar-refractivity contribution in [2.75, 3.05) is 0 Å². The second-order valence-corrected chi connectivity index (χ2v) is 4.54. The summed E-state index contributed by atoms with van der Waals surface area (Å²) in [7, 11) is 0. The van der Waals surface area contributed by atoms with Crippen molar-refractivity contribution in [3.05, 3.63) is 24.3 Å². The molecule has 2 N–H and O–H groups in total. The van der Waals surface area contributed by atoms with E-state index in [-0.39, 0.29) is 17.4 Å². The highest BCUT2D eigenvalue weighted by Gasteiger charge is 2.08. The smallest absolute Gasteiger partial charge is 0.304 e. The maximum atomic E-state index is 10.4. The Morgan fingerprint density at radius 3 is 2.86 bits per heavy atom. The van der Waals surface area contributed by atoms with Gasteiger partial charge in [-0.15, -0.1) is 11.8 Å². The minimum absolute atomic E-state index is 0.00861. The number of carboxylic acids is 1. The minimum Gasteiger partial charge on any atom is -0.508 e. The van der Waals surface area contributed by atoms with E-state index in [4.69, 9.17) is 5.11 Å². The van der Waals surface area contributed by atoms with E-state index >= 15 is 0 Å². The Labute approximate surface area is 86.8 Å². The first kappa shape index (κ1) is 10.9. The van der Waals surface area contributed by atoms with Gasteiger partial charge in [0.1, 0.15) is 5.75 Å². The Morgan fingerprint density at radius 2 is 2.29 bits per heavy atom. The topological polar surface area (TPSA) is 57.5 Å². The van der Waals surface area contributed by atoms with E-state index < -0.39 is 5.97 Å². The molecule has 0 heterocycles. The summed E-state index contributed by atoms with van der Waals surface area (Å²) >= 11 is 1.45. The van der Waals surface area contributed by atoms with Crippen LogP contribution >= 0.6 is 11.8 Å². The molecule has 0 aliphatic rings. The Balaban J connectivity index is 2.55. The molecule has 1 unspecified atom stereocenters. The normalized spacial score (nSPS) is 12.4. The molecule has 4 heteroatoms. The van der Waals surface area contributed by atoms with Crippen LogP contribution in [0.1, 0.15) is 13.3 Å². The zero-order valence-corrected chi connectivity index (χ0v) is 8.62. The quantitative estimate of drug-likeness (QED) is 0.752. The van der Waals surface area contributed by atoms with Crippen LogP contribution in [0.5, 0.6) is 5.75 Å². The lowest BCUT2D eigenvalue weighted by atomic mass is 10.3. The first-order chi connectivity index (χ1) is 6.58. The fraction of sp³-hybridized carbons (Fsp3) is 0.300. The van der Waals surface area contributed by atoms with Crippen molar-refractivity contribution in [3.63, 3.8) is 0 Å². The summed E-state index contributed by atoms with van der Waals surface area (Å²) in [6.45, 7) is 1.85. The number of hydrogen-bond acceptors (Lipinski definition) is 3. The van der Waals surface area contributed by atoms with Crippen molar-refractivity contribution in [1.82, 2.24) is 0 Å². The van der Waals surface area contributed by atoms with Gasteiger partial charge in [0, 0.05) is 10.1 Å². The van der Waals surface area contributed by atoms with Crippen LogP contribution in [0.25, 0.3) is 0 Å². The first-order valence-electron chi connectivity index (χ1n) is 4.25. The molecule has 1 atom stereocenters. The lowest BCUT2D eigenvalue weighted by Crippen LogP contribution is -2.05. The van der Waals surface area contributed by atoms with Crippen molar-refractivity contribution in [3.8, 4) is 5.75 Å². The van der Waals surface area contributed by atoms with Crippen LogP contribution in [0, 0.1) is 0 Å². The second-order valence-electron chi connectivity index (χ2n) is 3.02. The third kappa shape index (κ3) is 3.70. The molecule has 0 saturated carbocycles. The highest BCUT2D eigenvalue weighted by atomic mass is 32.2. The van der Waals surface area contributed by atoms with Gasteiger partial charge in [0.15, 0.2) is 0 Å². The highest BCUT2D eigenvalue weighted by Crippen LogP contribution is 2.27. The minimum atomic E-state index is -0.801. The van der Waals surface area contributed by atoms with Gasteiger partial charge < -0.3 is 10.2 Å². The molecular formula is C10H12O3S. The summed E-state index contributed by atoms with van der Waals surface area (Å²) in [5.74, 6) is -0.595. The average molecular weight is 212 g/mol. The van der Waals surface area contributed by atoms with Crippen LogP contribution in [0.15, 0.2) is 29.2 Å². The lowest BCUT2D eigenvalue weighted by Gasteiger charge is -2.07. The second kappa shape index (κ2) is 4.91. The van der Waals surface area contributed by atoms with Crippen LogP contribution in [0.3, 0.4) is 0 Å². The summed E-state index contributed by atoms with van der Waals surface area (Å²) in [4.78, 5) is 11.3. The summed E-state index contributed by atoms with van der Waals surface area (Å²) < 4.78 is 0. The number of hydrogen-bond donors (Lipinski definition) is 2. The van der Waals surface area contributed by atoms with E-state index in [1.165, 1.54) is 11.8 Å². The van der Waals surface area contributed by atoms with Crippen LogP contribution in [-0.2, 0) is 4.79 Å². The van der Waals surface area contributed by atoms with Gasteiger partial charge in [-0.3, -0.25) is 4.79 Å². The van der Waals surface area contributed by atoms with Gasteiger partial charge in [0.05, 0.1) is 6.42 Å². The third-order valence-electron chi connectivity index (χ3n) is 1.62.